The molecule has 0 saturated heterocycles. The monoisotopic (exact) mass is 286 g/mol. The van der Waals surface area contributed by atoms with Crippen LogP contribution in [0.3, 0.4) is 0 Å². The molecule has 1 atom stereocenters. The second-order valence-electron chi connectivity index (χ2n) is 5.50. The highest BCUT2D eigenvalue weighted by Gasteiger charge is 2.14. The first kappa shape index (κ1) is 15.5. The average molecular weight is 286 g/mol. The number of halogens is 1. The summed E-state index contributed by atoms with van der Waals surface area (Å²) >= 11 is 0. The Hall–Kier alpha value is -1.87. The minimum atomic E-state index is -0.194. The number of hydrogen-bond acceptors (Lipinski definition) is 2. The Morgan fingerprint density at radius 1 is 1.19 bits per heavy atom. The van der Waals surface area contributed by atoms with Crippen molar-refractivity contribution in [1.29, 1.82) is 0 Å². The van der Waals surface area contributed by atoms with Gasteiger partial charge >= 0.3 is 0 Å². The molecule has 2 rings (SSSR count). The molecule has 0 radical (unpaired) electrons. The zero-order chi connectivity index (χ0) is 15.4. The molecule has 21 heavy (non-hydrogen) atoms. The number of nitrogens with one attached hydrogen (secondary N) is 1. The minimum absolute atomic E-state index is 0.107. The van der Waals surface area contributed by atoms with Crippen LogP contribution in [0.2, 0.25) is 0 Å². The third kappa shape index (κ3) is 3.61. The first-order valence-electron chi connectivity index (χ1n) is 7.25. The number of nitrogens with zero attached hydrogens (tertiary/aromatic N) is 1. The van der Waals surface area contributed by atoms with Gasteiger partial charge in [-0.25, -0.2) is 4.39 Å². The molecule has 0 fully saturated rings. The van der Waals surface area contributed by atoms with Crippen LogP contribution in [0.4, 0.5) is 10.1 Å². The maximum Gasteiger partial charge on any atom is 0.123 e. The molecular formula is C18H23FN2. The molecule has 1 unspecified atom stereocenters. The zero-order valence-corrected chi connectivity index (χ0v) is 13.2. The van der Waals surface area contributed by atoms with Gasteiger partial charge in [0.05, 0.1) is 0 Å². The lowest BCUT2D eigenvalue weighted by Gasteiger charge is -2.26. The molecule has 2 aromatic rings. The Morgan fingerprint density at radius 3 is 2.57 bits per heavy atom. The highest BCUT2D eigenvalue weighted by atomic mass is 19.1. The molecule has 0 saturated carbocycles. The lowest BCUT2D eigenvalue weighted by Crippen LogP contribution is -2.22. The molecule has 0 aliphatic heterocycles. The van der Waals surface area contributed by atoms with Crippen molar-refractivity contribution >= 4 is 5.69 Å². The van der Waals surface area contributed by atoms with Gasteiger partial charge in [0.1, 0.15) is 5.82 Å². The van der Waals surface area contributed by atoms with E-state index >= 15 is 0 Å². The van der Waals surface area contributed by atoms with Crippen molar-refractivity contribution in [2.24, 2.45) is 0 Å². The Kier molecular flexibility index (Phi) is 4.97. The van der Waals surface area contributed by atoms with Crippen molar-refractivity contribution in [2.45, 2.75) is 26.4 Å². The smallest absolute Gasteiger partial charge is 0.123 e. The van der Waals surface area contributed by atoms with Crippen LogP contribution < -0.4 is 10.2 Å². The quantitative estimate of drug-likeness (QED) is 0.892. The molecule has 0 bridgehead atoms. The van der Waals surface area contributed by atoms with E-state index in [1.807, 2.05) is 33.2 Å². The van der Waals surface area contributed by atoms with Gasteiger partial charge in [-0.05, 0) is 55.8 Å². The van der Waals surface area contributed by atoms with Crippen LogP contribution in [-0.4, -0.2) is 14.1 Å². The van der Waals surface area contributed by atoms with Crippen LogP contribution in [0.15, 0.2) is 42.5 Å². The molecule has 112 valence electrons. The summed E-state index contributed by atoms with van der Waals surface area (Å²) < 4.78 is 13.6. The Bertz CT molecular complexity index is 610. The van der Waals surface area contributed by atoms with Crippen LogP contribution in [-0.2, 0) is 6.54 Å². The van der Waals surface area contributed by atoms with Gasteiger partial charge in [0.15, 0.2) is 0 Å². The first-order chi connectivity index (χ1) is 10.0. The van der Waals surface area contributed by atoms with Crippen LogP contribution in [0.5, 0.6) is 0 Å². The van der Waals surface area contributed by atoms with Crippen LogP contribution in [0, 0.1) is 12.7 Å². The van der Waals surface area contributed by atoms with Crippen LogP contribution in [0.25, 0.3) is 0 Å². The SMILES string of the molecule is CNC(C)c1cc(F)ccc1N(C)Cc1ccccc1C. The minimum Gasteiger partial charge on any atom is -0.370 e. The molecule has 0 spiro atoms. The summed E-state index contributed by atoms with van der Waals surface area (Å²) in [6, 6.07) is 13.5. The summed E-state index contributed by atoms with van der Waals surface area (Å²) in [6.07, 6.45) is 0. The fourth-order valence-corrected chi connectivity index (χ4v) is 2.50. The maximum absolute atomic E-state index is 13.6. The molecule has 2 nitrogen and oxygen atoms in total. The van der Waals surface area contributed by atoms with Gasteiger partial charge in [0.2, 0.25) is 0 Å². The molecule has 3 heteroatoms. The molecule has 0 aromatic heterocycles. The fourth-order valence-electron chi connectivity index (χ4n) is 2.50. The number of rotatable bonds is 5. The van der Waals surface area contributed by atoms with Crippen molar-refractivity contribution in [2.75, 3.05) is 19.0 Å². The number of benzene rings is 2. The number of hydrogen-bond donors (Lipinski definition) is 1. The first-order valence-corrected chi connectivity index (χ1v) is 7.25. The summed E-state index contributed by atoms with van der Waals surface area (Å²) in [6.45, 7) is 4.96. The third-order valence-corrected chi connectivity index (χ3v) is 3.97. The molecule has 0 amide bonds. The van der Waals surface area contributed by atoms with E-state index < -0.39 is 0 Å². The Balaban J connectivity index is 2.31. The average Bonchev–Trinajstić information content (AvgIpc) is 2.48. The largest absolute Gasteiger partial charge is 0.370 e. The standard InChI is InChI=1S/C18H23FN2/c1-13-7-5-6-8-15(13)12-21(4)18-10-9-16(19)11-17(18)14(2)20-3/h5-11,14,20H,12H2,1-4H3. The molecule has 0 aliphatic rings. The Labute approximate surface area is 126 Å². The maximum atomic E-state index is 13.6. The van der Waals surface area contributed by atoms with Crippen LogP contribution >= 0.6 is 0 Å². The fraction of sp³-hybridized carbons (Fsp3) is 0.333. The van der Waals surface area contributed by atoms with Gasteiger partial charge in [-0.2, -0.15) is 0 Å². The van der Waals surface area contributed by atoms with Crippen LogP contribution in [0.1, 0.15) is 29.7 Å². The van der Waals surface area contributed by atoms with E-state index in [1.54, 1.807) is 6.07 Å². The van der Waals surface area contributed by atoms with Crippen molar-refractivity contribution in [1.82, 2.24) is 5.32 Å². The zero-order valence-electron chi connectivity index (χ0n) is 13.2. The molecule has 2 aromatic carbocycles. The van der Waals surface area contributed by atoms with Gasteiger partial charge in [-0.1, -0.05) is 24.3 Å². The summed E-state index contributed by atoms with van der Waals surface area (Å²) in [5.41, 5.74) is 4.59. The van der Waals surface area contributed by atoms with Gasteiger partial charge in [-0.15, -0.1) is 0 Å². The van der Waals surface area contributed by atoms with Crippen molar-refractivity contribution < 1.29 is 4.39 Å². The normalized spacial score (nSPS) is 12.2. The van der Waals surface area contributed by atoms with E-state index in [2.05, 4.69) is 35.3 Å². The Morgan fingerprint density at radius 2 is 1.90 bits per heavy atom. The lowest BCUT2D eigenvalue weighted by atomic mass is 10.0. The van der Waals surface area contributed by atoms with E-state index in [-0.39, 0.29) is 11.9 Å². The number of anilines is 1. The topological polar surface area (TPSA) is 15.3 Å². The predicted molar refractivity (Wildman–Crippen MR) is 87.2 cm³/mol. The molecule has 0 heterocycles. The summed E-state index contributed by atoms with van der Waals surface area (Å²) in [7, 11) is 3.94. The summed E-state index contributed by atoms with van der Waals surface area (Å²) in [5, 5.41) is 3.19. The van der Waals surface area contributed by atoms with Crippen molar-refractivity contribution in [3.8, 4) is 0 Å². The van der Waals surface area contributed by atoms with E-state index in [0.29, 0.717) is 0 Å². The summed E-state index contributed by atoms with van der Waals surface area (Å²) in [4.78, 5) is 2.17. The van der Waals surface area contributed by atoms with E-state index in [1.165, 1.54) is 17.2 Å². The lowest BCUT2D eigenvalue weighted by molar-refractivity contribution is 0.607. The van der Waals surface area contributed by atoms with Crippen molar-refractivity contribution in [3.63, 3.8) is 0 Å². The second kappa shape index (κ2) is 6.72. The van der Waals surface area contributed by atoms with E-state index in [4.69, 9.17) is 0 Å². The molecule has 0 aliphatic carbocycles. The number of aryl methyl sites for hydroxylation is 1. The van der Waals surface area contributed by atoms with Crippen molar-refractivity contribution in [3.05, 3.63) is 65.0 Å². The van der Waals surface area contributed by atoms with Gasteiger partial charge < -0.3 is 10.2 Å². The third-order valence-electron chi connectivity index (χ3n) is 3.97. The second-order valence-corrected chi connectivity index (χ2v) is 5.50. The van der Waals surface area contributed by atoms with Gasteiger partial charge in [0, 0.05) is 25.3 Å². The highest BCUT2D eigenvalue weighted by Crippen LogP contribution is 2.28. The van der Waals surface area contributed by atoms with E-state index in [9.17, 15) is 4.39 Å². The molecule has 1 N–H and O–H groups in total. The highest BCUT2D eigenvalue weighted by molar-refractivity contribution is 5.55. The summed E-state index contributed by atoms with van der Waals surface area (Å²) in [5.74, 6) is -0.194. The van der Waals surface area contributed by atoms with Gasteiger partial charge in [-0.3, -0.25) is 0 Å². The molecular weight excluding hydrogens is 263 g/mol. The predicted octanol–water partition coefficient (Wildman–Crippen LogP) is 4.05. The van der Waals surface area contributed by atoms with Gasteiger partial charge in [0.25, 0.3) is 0 Å². The van der Waals surface area contributed by atoms with E-state index in [0.717, 1.165) is 17.8 Å².